The molecule has 0 aromatic carbocycles. The first-order chi connectivity index (χ1) is 33.1. The highest BCUT2D eigenvalue weighted by molar-refractivity contribution is 5.78. The molecule has 3 rings (SSSR count). The Balaban J connectivity index is 1.88. The lowest BCUT2D eigenvalue weighted by molar-refractivity contribution is -0.351. The Hall–Kier alpha value is -3.29. The molecule has 2 amide bonds. The van der Waals surface area contributed by atoms with Crippen molar-refractivity contribution in [3.05, 3.63) is 0 Å². The number of carboxylic acids is 3. The lowest BCUT2D eigenvalue weighted by Gasteiger charge is -2.49. The van der Waals surface area contributed by atoms with Gasteiger partial charge in [-0.15, -0.1) is 0 Å². The molecule has 0 saturated carbocycles. The van der Waals surface area contributed by atoms with Gasteiger partial charge in [0, 0.05) is 32.2 Å². The summed E-state index contributed by atoms with van der Waals surface area (Å²) in [6.45, 7) is 2.66. The Labute approximate surface area is 405 Å². The summed E-state index contributed by atoms with van der Waals surface area (Å²) in [5, 5.41) is 138. The molecule has 26 heteroatoms. The van der Waals surface area contributed by atoms with Crippen LogP contribution in [0.4, 0.5) is 0 Å². The molecule has 17 N–H and O–H groups in total. The fraction of sp³-hybridized carbons (Fsp3) is 0.886. The maximum absolute atomic E-state index is 13.2. The normalized spacial score (nSPS) is 32.8. The van der Waals surface area contributed by atoms with Gasteiger partial charge in [0.25, 0.3) is 11.6 Å². The number of carboxylic acid groups (broad SMARTS) is 3. The molecule has 18 atom stereocenters. The molecule has 0 aliphatic carbocycles. The van der Waals surface area contributed by atoms with E-state index in [4.69, 9.17) is 29.4 Å². The molecule has 3 aliphatic heterocycles. The topological polar surface area (TPSA) is 436 Å². The van der Waals surface area contributed by atoms with Crippen LogP contribution in [0.25, 0.3) is 0 Å². The third-order valence-electron chi connectivity index (χ3n) is 13.0. The first kappa shape index (κ1) is 61.0. The van der Waals surface area contributed by atoms with Crippen molar-refractivity contribution < 1.29 is 109 Å². The Morgan fingerprint density at radius 2 is 1.10 bits per heavy atom. The number of amides is 2. The molecule has 26 nitrogen and oxygen atoms in total. The Morgan fingerprint density at radius 3 is 1.57 bits per heavy atom. The molecule has 3 heterocycles. The van der Waals surface area contributed by atoms with Gasteiger partial charge in [0.1, 0.15) is 54.9 Å². The zero-order valence-corrected chi connectivity index (χ0v) is 40.0. The summed E-state index contributed by atoms with van der Waals surface area (Å²) >= 11 is 0. The van der Waals surface area contributed by atoms with E-state index >= 15 is 0 Å². The van der Waals surface area contributed by atoms with Crippen LogP contribution in [0.5, 0.6) is 0 Å². The molecule has 0 bridgehead atoms. The van der Waals surface area contributed by atoms with E-state index in [2.05, 4.69) is 22.9 Å². The van der Waals surface area contributed by atoms with Crippen LogP contribution in [-0.4, -0.2) is 226 Å². The molecule has 70 heavy (non-hydrogen) atoms. The number of unbranched alkanes of at least 4 members (excludes halogenated alkanes) is 9. The van der Waals surface area contributed by atoms with E-state index in [9.17, 15) is 85.3 Å². The van der Waals surface area contributed by atoms with Crippen molar-refractivity contribution in [3.8, 4) is 0 Å². The number of nitrogens with two attached hydrogens (primary N) is 1. The molecule has 3 saturated heterocycles. The molecular formula is C44H78N4O22. The van der Waals surface area contributed by atoms with E-state index in [-0.39, 0.29) is 19.4 Å². The highest BCUT2D eigenvalue weighted by atomic mass is 16.8. The van der Waals surface area contributed by atoms with Crippen LogP contribution in [0.2, 0.25) is 0 Å². The fourth-order valence-corrected chi connectivity index (χ4v) is 8.89. The number of hydrogen-bond donors (Lipinski definition) is 16. The van der Waals surface area contributed by atoms with Crippen LogP contribution in [-0.2, 0) is 47.7 Å². The highest BCUT2D eigenvalue weighted by Crippen LogP contribution is 2.39. The van der Waals surface area contributed by atoms with Crippen molar-refractivity contribution in [2.75, 3.05) is 26.3 Å². The minimum absolute atomic E-state index is 0.163. The van der Waals surface area contributed by atoms with Crippen LogP contribution in [0.15, 0.2) is 0 Å². The second-order valence-electron chi connectivity index (χ2n) is 18.2. The minimum atomic E-state index is -3.24. The van der Waals surface area contributed by atoms with Crippen LogP contribution in [0, 0.1) is 0 Å². The summed E-state index contributed by atoms with van der Waals surface area (Å²) in [6.07, 6.45) is -18.2. The van der Waals surface area contributed by atoms with Gasteiger partial charge >= 0.3 is 17.9 Å². The Bertz CT molecular complexity index is 1650. The lowest BCUT2D eigenvalue weighted by Crippen LogP contribution is -2.70. The number of aliphatic hydroxyl groups excluding tert-OH is 9. The van der Waals surface area contributed by atoms with Gasteiger partial charge in [0.05, 0.1) is 49.7 Å². The van der Waals surface area contributed by atoms with Crippen molar-refractivity contribution in [1.29, 1.82) is 0 Å². The molecule has 0 radical (unpaired) electrons. The van der Waals surface area contributed by atoms with Crippen molar-refractivity contribution in [1.82, 2.24) is 16.0 Å². The molecule has 0 spiro atoms. The summed E-state index contributed by atoms with van der Waals surface area (Å²) in [5.74, 6) is -13.6. The quantitative estimate of drug-likeness (QED) is 0.0285. The zero-order chi connectivity index (χ0) is 52.5. The largest absolute Gasteiger partial charge is 0.479 e. The Kier molecular flexibility index (Phi) is 25.1. The standard InChI is InChI=1S/C44H78N4O22/c1-4-7-8-9-10-11-12-13-14-15-16-46-19-24(53)36-29(45)22(51)17-43(69-36,41(62)63)68-26(21-50)33(57)38-30(47-27(54)5-2)23(52)18-44(70-38,42(64)65)67-25(20-49)32(56)37-31(48-28(55)6-3)34(58)39(66-37)35(59)40(60)61/h22-26,29-39,46,49-53,56-59H,4-21,45H2,1-3H3,(H,47,54)(H,48,55)(H,60,61)(H,62,63)(H,64,65)/t22?,23?,24?,25?,26?,29?,30?,31?,32?,33?,34?,35-,36?,37?,38?,39?,43?,44?/m1/s1. The van der Waals surface area contributed by atoms with Gasteiger partial charge < -0.3 is 107 Å². The molecule has 406 valence electrons. The number of carbonyl (C=O) groups excluding carboxylic acids is 2. The molecule has 0 aromatic rings. The summed E-state index contributed by atoms with van der Waals surface area (Å²) in [5.41, 5.74) is 6.18. The van der Waals surface area contributed by atoms with Gasteiger partial charge in [0.15, 0.2) is 6.10 Å². The third-order valence-corrected chi connectivity index (χ3v) is 13.0. The minimum Gasteiger partial charge on any atom is -0.479 e. The third kappa shape index (κ3) is 15.9. The van der Waals surface area contributed by atoms with Gasteiger partial charge in [0.2, 0.25) is 11.8 Å². The first-order valence-electron chi connectivity index (χ1n) is 24.2. The van der Waals surface area contributed by atoms with Crippen molar-refractivity contribution in [2.45, 2.75) is 220 Å². The molecule has 3 aliphatic rings. The first-order valence-corrected chi connectivity index (χ1v) is 24.2. The van der Waals surface area contributed by atoms with Gasteiger partial charge in [-0.25, -0.2) is 14.4 Å². The fourth-order valence-electron chi connectivity index (χ4n) is 8.89. The smallest absolute Gasteiger partial charge is 0.364 e. The number of nitrogens with one attached hydrogen (secondary N) is 3. The predicted octanol–water partition coefficient (Wildman–Crippen LogP) is -4.11. The highest BCUT2D eigenvalue weighted by Gasteiger charge is 2.61. The van der Waals surface area contributed by atoms with E-state index in [1.807, 2.05) is 0 Å². The van der Waals surface area contributed by atoms with Crippen molar-refractivity contribution >= 4 is 29.7 Å². The maximum atomic E-state index is 13.2. The van der Waals surface area contributed by atoms with Gasteiger partial charge in [-0.3, -0.25) is 9.59 Å². The zero-order valence-electron chi connectivity index (χ0n) is 40.0. The van der Waals surface area contributed by atoms with E-state index in [0.717, 1.165) is 32.1 Å². The average molecular weight is 1020 g/mol. The van der Waals surface area contributed by atoms with Gasteiger partial charge in [-0.05, 0) is 13.0 Å². The SMILES string of the molecule is CCCCCCCCCCCCNCC(O)C1OC(OC(CO)C(O)C2OC(OC(CO)C(O)C3OC([C@@H](O)C(=O)O)C(O)C3NC(=O)CC)(C(=O)O)CC(O)C2NC(=O)CC)(C(=O)O)CC(O)C1N. The monoisotopic (exact) mass is 1010 g/mol. The number of carbonyl (C=O) groups is 5. The lowest BCUT2D eigenvalue weighted by atomic mass is 9.87. The van der Waals surface area contributed by atoms with Gasteiger partial charge in [-0.2, -0.15) is 0 Å². The molecule has 0 aromatic heterocycles. The summed E-state index contributed by atoms with van der Waals surface area (Å²) in [6, 6.07) is -4.87. The van der Waals surface area contributed by atoms with Crippen molar-refractivity contribution in [3.63, 3.8) is 0 Å². The molecule has 3 fully saturated rings. The second kappa shape index (κ2) is 28.8. The second-order valence-corrected chi connectivity index (χ2v) is 18.2. The number of ether oxygens (including phenoxy) is 5. The number of rotatable bonds is 32. The van der Waals surface area contributed by atoms with Crippen LogP contribution in [0.1, 0.15) is 111 Å². The van der Waals surface area contributed by atoms with Gasteiger partial charge in [-0.1, -0.05) is 78.6 Å². The predicted molar refractivity (Wildman–Crippen MR) is 239 cm³/mol. The van der Waals surface area contributed by atoms with E-state index < -0.39 is 165 Å². The summed E-state index contributed by atoms with van der Waals surface area (Å²) in [7, 11) is 0. The molecule has 17 unspecified atom stereocenters. The summed E-state index contributed by atoms with van der Waals surface area (Å²) < 4.78 is 28.5. The number of aliphatic hydroxyl groups is 9. The van der Waals surface area contributed by atoms with E-state index in [0.29, 0.717) is 6.54 Å². The average Bonchev–Trinajstić information content (AvgIpc) is 3.65. The summed E-state index contributed by atoms with van der Waals surface area (Å²) in [4.78, 5) is 63.0. The van der Waals surface area contributed by atoms with Crippen LogP contribution < -0.4 is 21.7 Å². The molecular weight excluding hydrogens is 936 g/mol. The van der Waals surface area contributed by atoms with Crippen molar-refractivity contribution in [2.24, 2.45) is 5.73 Å². The Morgan fingerprint density at radius 1 is 0.643 bits per heavy atom. The van der Waals surface area contributed by atoms with E-state index in [1.165, 1.54) is 46.0 Å². The van der Waals surface area contributed by atoms with E-state index in [1.54, 1.807) is 0 Å². The number of aliphatic carboxylic acids is 3. The van der Waals surface area contributed by atoms with Crippen LogP contribution in [0.3, 0.4) is 0 Å². The van der Waals surface area contributed by atoms with Crippen LogP contribution >= 0.6 is 0 Å². The number of hydrogen-bond acceptors (Lipinski definition) is 21. The maximum Gasteiger partial charge on any atom is 0.364 e.